The maximum Gasteiger partial charge on any atom is 0.156 e. The topological polar surface area (TPSA) is 68.2 Å². The standard InChI is InChI=1S/C22H24N4O2/c1-14-8-9-15(12-20(14)28-3)21-17(13-27)22-24-11-10-19(26(22)25-21)16-6-4-5-7-18(16)23-2/h4-9,12-13,19,23-24H,10-11H2,1-3H3. The van der Waals surface area contributed by atoms with Crippen LogP contribution in [0.2, 0.25) is 0 Å². The van der Waals surface area contributed by atoms with E-state index < -0.39 is 0 Å². The molecule has 0 bridgehead atoms. The van der Waals surface area contributed by atoms with Crippen molar-refractivity contribution < 1.29 is 9.53 Å². The number of hydrogen-bond donors (Lipinski definition) is 2. The van der Waals surface area contributed by atoms with E-state index in [0.29, 0.717) is 11.3 Å². The fraction of sp³-hybridized carbons (Fsp3) is 0.273. The van der Waals surface area contributed by atoms with Crippen molar-refractivity contribution in [2.75, 3.05) is 31.3 Å². The van der Waals surface area contributed by atoms with Gasteiger partial charge in [0.2, 0.25) is 0 Å². The van der Waals surface area contributed by atoms with Gasteiger partial charge in [0.25, 0.3) is 0 Å². The third-order valence-corrected chi connectivity index (χ3v) is 5.34. The number of nitrogens with one attached hydrogen (secondary N) is 2. The van der Waals surface area contributed by atoms with E-state index in [-0.39, 0.29) is 6.04 Å². The van der Waals surface area contributed by atoms with E-state index in [1.165, 1.54) is 5.56 Å². The fourth-order valence-electron chi connectivity index (χ4n) is 3.89. The number of aromatic nitrogens is 2. The van der Waals surface area contributed by atoms with Crippen molar-refractivity contribution in [2.24, 2.45) is 0 Å². The van der Waals surface area contributed by atoms with Crippen LogP contribution in [0.3, 0.4) is 0 Å². The molecule has 2 heterocycles. The molecular weight excluding hydrogens is 352 g/mol. The Hall–Kier alpha value is -3.28. The molecule has 0 amide bonds. The number of methoxy groups -OCH3 is 1. The molecule has 0 saturated heterocycles. The smallest absolute Gasteiger partial charge is 0.156 e. The summed E-state index contributed by atoms with van der Waals surface area (Å²) in [5, 5.41) is 11.5. The molecule has 0 radical (unpaired) electrons. The Morgan fingerprint density at radius 1 is 1.29 bits per heavy atom. The van der Waals surface area contributed by atoms with Crippen molar-refractivity contribution in [2.45, 2.75) is 19.4 Å². The number of fused-ring (bicyclic) bond motifs is 1. The second-order valence-corrected chi connectivity index (χ2v) is 6.93. The minimum absolute atomic E-state index is 0.0553. The first-order valence-corrected chi connectivity index (χ1v) is 9.41. The molecule has 0 aliphatic carbocycles. The Labute approximate surface area is 164 Å². The minimum atomic E-state index is 0.0553. The highest BCUT2D eigenvalue weighted by atomic mass is 16.5. The number of carbonyl (C=O) groups is 1. The van der Waals surface area contributed by atoms with Gasteiger partial charge in [-0.1, -0.05) is 30.3 Å². The van der Waals surface area contributed by atoms with Crippen molar-refractivity contribution in [3.63, 3.8) is 0 Å². The average Bonchev–Trinajstić information content (AvgIpc) is 3.12. The maximum atomic E-state index is 12.0. The van der Waals surface area contributed by atoms with Crippen LogP contribution in [0.25, 0.3) is 11.3 Å². The van der Waals surface area contributed by atoms with Gasteiger partial charge in [0.1, 0.15) is 17.3 Å². The lowest BCUT2D eigenvalue weighted by Gasteiger charge is -2.27. The Bertz CT molecular complexity index is 1030. The van der Waals surface area contributed by atoms with Crippen LogP contribution in [-0.4, -0.2) is 36.8 Å². The molecule has 0 spiro atoms. The van der Waals surface area contributed by atoms with Gasteiger partial charge in [-0.25, -0.2) is 4.68 Å². The van der Waals surface area contributed by atoms with Gasteiger partial charge in [-0.05, 0) is 36.6 Å². The summed E-state index contributed by atoms with van der Waals surface area (Å²) in [6, 6.07) is 14.2. The highest BCUT2D eigenvalue weighted by molar-refractivity contribution is 5.92. The van der Waals surface area contributed by atoms with Gasteiger partial charge in [-0.15, -0.1) is 0 Å². The molecule has 144 valence electrons. The molecule has 28 heavy (non-hydrogen) atoms. The largest absolute Gasteiger partial charge is 0.496 e. The van der Waals surface area contributed by atoms with Crippen molar-refractivity contribution in [1.82, 2.24) is 9.78 Å². The summed E-state index contributed by atoms with van der Waals surface area (Å²) in [7, 11) is 3.57. The predicted molar refractivity (Wildman–Crippen MR) is 112 cm³/mol. The summed E-state index contributed by atoms with van der Waals surface area (Å²) in [4.78, 5) is 12.0. The molecule has 2 aromatic carbocycles. The van der Waals surface area contributed by atoms with Gasteiger partial charge in [0.15, 0.2) is 6.29 Å². The van der Waals surface area contributed by atoms with Crippen molar-refractivity contribution in [1.29, 1.82) is 0 Å². The first-order chi connectivity index (χ1) is 13.7. The second-order valence-electron chi connectivity index (χ2n) is 6.93. The summed E-state index contributed by atoms with van der Waals surface area (Å²) in [6.07, 6.45) is 1.78. The molecule has 1 aliphatic heterocycles. The Morgan fingerprint density at radius 2 is 2.11 bits per heavy atom. The van der Waals surface area contributed by atoms with Crippen LogP contribution in [-0.2, 0) is 0 Å². The quantitative estimate of drug-likeness (QED) is 0.656. The predicted octanol–water partition coefficient (Wildman–Crippen LogP) is 4.13. The molecule has 1 aromatic heterocycles. The highest BCUT2D eigenvalue weighted by Gasteiger charge is 2.29. The molecule has 6 heteroatoms. The number of ether oxygens (including phenoxy) is 1. The van der Waals surface area contributed by atoms with E-state index in [1.54, 1.807) is 7.11 Å². The van der Waals surface area contributed by atoms with E-state index in [1.807, 2.05) is 49.0 Å². The number of rotatable bonds is 5. The van der Waals surface area contributed by atoms with Gasteiger partial charge in [0.05, 0.1) is 18.7 Å². The summed E-state index contributed by atoms with van der Waals surface area (Å²) in [6.45, 7) is 2.78. The van der Waals surface area contributed by atoms with Gasteiger partial charge in [0, 0.05) is 24.8 Å². The van der Waals surface area contributed by atoms with E-state index >= 15 is 0 Å². The molecule has 2 N–H and O–H groups in total. The average molecular weight is 376 g/mol. The summed E-state index contributed by atoms with van der Waals surface area (Å²) >= 11 is 0. The van der Waals surface area contributed by atoms with E-state index in [4.69, 9.17) is 9.84 Å². The third-order valence-electron chi connectivity index (χ3n) is 5.34. The SMILES string of the molecule is CNc1ccccc1C1CCNc2c(C=O)c(-c3ccc(C)c(OC)c3)nn21. The first kappa shape index (κ1) is 18.1. The lowest BCUT2D eigenvalue weighted by molar-refractivity contribution is 0.112. The molecule has 4 rings (SSSR count). The molecule has 1 atom stereocenters. The van der Waals surface area contributed by atoms with Crippen molar-refractivity contribution in [3.8, 4) is 17.0 Å². The van der Waals surface area contributed by atoms with Crippen LogP contribution in [0.4, 0.5) is 11.5 Å². The number of para-hydroxylation sites is 1. The number of carbonyl (C=O) groups excluding carboxylic acids is 1. The Kier molecular flexibility index (Phi) is 4.77. The van der Waals surface area contributed by atoms with E-state index in [9.17, 15) is 4.79 Å². The van der Waals surface area contributed by atoms with Gasteiger partial charge < -0.3 is 15.4 Å². The molecule has 6 nitrogen and oxygen atoms in total. The minimum Gasteiger partial charge on any atom is -0.496 e. The van der Waals surface area contributed by atoms with Gasteiger partial charge in [-0.3, -0.25) is 4.79 Å². The zero-order valence-electron chi connectivity index (χ0n) is 16.3. The number of anilines is 2. The van der Waals surface area contributed by atoms with E-state index in [2.05, 4.69) is 22.8 Å². The number of nitrogens with zero attached hydrogens (tertiary/aromatic N) is 2. The zero-order chi connectivity index (χ0) is 19.7. The van der Waals surface area contributed by atoms with Crippen LogP contribution in [0, 0.1) is 6.92 Å². The second kappa shape index (κ2) is 7.38. The maximum absolute atomic E-state index is 12.0. The van der Waals surface area contributed by atoms with Crippen LogP contribution in [0.15, 0.2) is 42.5 Å². The van der Waals surface area contributed by atoms with Crippen LogP contribution in [0.1, 0.15) is 33.9 Å². The van der Waals surface area contributed by atoms with Crippen LogP contribution >= 0.6 is 0 Å². The van der Waals surface area contributed by atoms with Gasteiger partial charge >= 0.3 is 0 Å². The Morgan fingerprint density at radius 3 is 2.86 bits per heavy atom. The van der Waals surface area contributed by atoms with Crippen LogP contribution in [0.5, 0.6) is 5.75 Å². The Balaban J connectivity index is 1.87. The number of hydrogen-bond acceptors (Lipinski definition) is 5. The summed E-state index contributed by atoms with van der Waals surface area (Å²) in [5.41, 5.74) is 5.40. The lowest BCUT2D eigenvalue weighted by atomic mass is 10.00. The zero-order valence-corrected chi connectivity index (χ0v) is 16.3. The molecule has 1 aliphatic rings. The molecule has 0 saturated carbocycles. The monoisotopic (exact) mass is 376 g/mol. The van der Waals surface area contributed by atoms with Crippen LogP contribution < -0.4 is 15.4 Å². The number of benzene rings is 2. The van der Waals surface area contributed by atoms with E-state index in [0.717, 1.165) is 47.6 Å². The molecule has 1 unspecified atom stereocenters. The fourth-order valence-corrected chi connectivity index (χ4v) is 3.89. The van der Waals surface area contributed by atoms with Crippen molar-refractivity contribution >= 4 is 17.8 Å². The third kappa shape index (κ3) is 2.91. The number of aryl methyl sites for hydroxylation is 1. The van der Waals surface area contributed by atoms with Crippen molar-refractivity contribution in [3.05, 3.63) is 59.2 Å². The molecule has 0 fully saturated rings. The lowest BCUT2D eigenvalue weighted by Crippen LogP contribution is -2.25. The first-order valence-electron chi connectivity index (χ1n) is 9.41. The van der Waals surface area contributed by atoms with Gasteiger partial charge in [-0.2, -0.15) is 5.10 Å². The molecular formula is C22H24N4O2. The molecule has 3 aromatic rings. The highest BCUT2D eigenvalue weighted by Crippen LogP contribution is 2.38. The normalized spacial score (nSPS) is 15.5. The summed E-state index contributed by atoms with van der Waals surface area (Å²) in [5.74, 6) is 1.55. The number of aldehydes is 1. The summed E-state index contributed by atoms with van der Waals surface area (Å²) < 4.78 is 7.41.